The molecule has 0 saturated carbocycles. The fourth-order valence-corrected chi connectivity index (χ4v) is 2.85. The van der Waals surface area contributed by atoms with Gasteiger partial charge in [-0.2, -0.15) is 5.26 Å². The Balaban J connectivity index is 1.70. The lowest BCUT2D eigenvalue weighted by molar-refractivity contribution is 0.0818. The highest BCUT2D eigenvalue weighted by molar-refractivity contribution is 5.99. The molecule has 0 aliphatic carbocycles. The van der Waals surface area contributed by atoms with E-state index in [-0.39, 0.29) is 5.78 Å². The Kier molecular flexibility index (Phi) is 5.38. The molecule has 0 bridgehead atoms. The number of hydrogen-bond donors (Lipinski definition) is 0. The van der Waals surface area contributed by atoms with Crippen molar-refractivity contribution in [1.29, 1.82) is 5.26 Å². The molecule has 3 aromatic rings. The van der Waals surface area contributed by atoms with Crippen molar-refractivity contribution < 1.29 is 9.53 Å². The molecule has 0 amide bonds. The third-order valence-corrected chi connectivity index (χ3v) is 4.68. The van der Waals surface area contributed by atoms with Gasteiger partial charge in [-0.25, -0.2) is 0 Å². The molecule has 0 fully saturated rings. The van der Waals surface area contributed by atoms with Crippen molar-refractivity contribution in [3.8, 4) is 22.9 Å². The molecule has 3 aromatic carbocycles. The van der Waals surface area contributed by atoms with Gasteiger partial charge in [0.05, 0.1) is 11.6 Å². The number of ketones is 1. The summed E-state index contributed by atoms with van der Waals surface area (Å²) < 4.78 is 5.84. The van der Waals surface area contributed by atoms with Crippen molar-refractivity contribution in [1.82, 2.24) is 0 Å². The highest BCUT2D eigenvalue weighted by atomic mass is 16.5. The summed E-state index contributed by atoms with van der Waals surface area (Å²) in [4.78, 5) is 12.6. The molecule has 0 unspecified atom stereocenters. The van der Waals surface area contributed by atoms with E-state index >= 15 is 0 Å². The minimum Gasteiger partial charge on any atom is -0.483 e. The van der Waals surface area contributed by atoms with Crippen LogP contribution in [0.5, 0.6) is 5.75 Å². The Labute approximate surface area is 159 Å². The summed E-state index contributed by atoms with van der Waals surface area (Å²) in [6.45, 7) is 5.80. The van der Waals surface area contributed by atoms with Crippen LogP contribution < -0.4 is 4.74 Å². The molecule has 3 heteroatoms. The van der Waals surface area contributed by atoms with Crippen molar-refractivity contribution in [3.63, 3.8) is 0 Å². The van der Waals surface area contributed by atoms with Crippen LogP contribution in [0.15, 0.2) is 66.7 Å². The second kappa shape index (κ2) is 7.88. The van der Waals surface area contributed by atoms with Crippen molar-refractivity contribution in [2.45, 2.75) is 26.9 Å². The smallest absolute Gasteiger partial charge is 0.203 e. The van der Waals surface area contributed by atoms with E-state index in [1.807, 2.05) is 68.4 Å². The first-order chi connectivity index (χ1) is 13.0. The van der Waals surface area contributed by atoms with Crippen molar-refractivity contribution in [2.24, 2.45) is 0 Å². The molecule has 0 radical (unpaired) electrons. The van der Waals surface area contributed by atoms with Gasteiger partial charge in [-0.05, 0) is 73.4 Å². The first-order valence-corrected chi connectivity index (χ1v) is 8.86. The lowest BCUT2D eigenvalue weighted by Gasteiger charge is -2.15. The van der Waals surface area contributed by atoms with Crippen molar-refractivity contribution in [2.75, 3.05) is 0 Å². The molecule has 0 heterocycles. The predicted molar refractivity (Wildman–Crippen MR) is 107 cm³/mol. The number of benzene rings is 3. The Hall–Kier alpha value is -3.38. The summed E-state index contributed by atoms with van der Waals surface area (Å²) >= 11 is 0. The SMILES string of the molecule is Cc1ccc(C(=O)[C@@H](C)Oc2ccc(-c3ccc(C#N)cc3)cc2)cc1C. The van der Waals surface area contributed by atoms with Crippen LogP contribution >= 0.6 is 0 Å². The number of rotatable bonds is 5. The van der Waals surface area contributed by atoms with Crippen LogP contribution in [0.1, 0.15) is 34.0 Å². The predicted octanol–water partition coefficient (Wildman–Crippen LogP) is 5.49. The third kappa shape index (κ3) is 4.24. The summed E-state index contributed by atoms with van der Waals surface area (Å²) in [6, 6.07) is 22.9. The second-order valence-electron chi connectivity index (χ2n) is 6.64. The number of carbonyl (C=O) groups excluding carboxylic acids is 1. The van der Waals surface area contributed by atoms with Crippen LogP contribution in [0.3, 0.4) is 0 Å². The molecular weight excluding hydrogens is 334 g/mol. The topological polar surface area (TPSA) is 50.1 Å². The highest BCUT2D eigenvalue weighted by Gasteiger charge is 2.17. The molecule has 0 spiro atoms. The zero-order chi connectivity index (χ0) is 19.4. The fraction of sp³-hybridized carbons (Fsp3) is 0.167. The maximum Gasteiger partial charge on any atom is 0.203 e. The highest BCUT2D eigenvalue weighted by Crippen LogP contribution is 2.24. The number of nitrogens with zero attached hydrogens (tertiary/aromatic N) is 1. The number of aryl methyl sites for hydroxylation is 2. The molecule has 0 saturated heterocycles. The average Bonchev–Trinajstić information content (AvgIpc) is 2.70. The lowest BCUT2D eigenvalue weighted by Crippen LogP contribution is -2.24. The number of carbonyl (C=O) groups is 1. The molecule has 1 atom stereocenters. The molecule has 3 nitrogen and oxygen atoms in total. The van der Waals surface area contributed by atoms with Gasteiger partial charge in [0, 0.05) is 5.56 Å². The number of Topliss-reactive ketones (excluding diaryl/α,β-unsaturated/α-hetero) is 1. The Morgan fingerprint density at radius 2 is 1.48 bits per heavy atom. The van der Waals surface area contributed by atoms with E-state index < -0.39 is 6.10 Å². The van der Waals surface area contributed by atoms with E-state index in [1.165, 1.54) is 5.56 Å². The molecule has 0 N–H and O–H groups in total. The monoisotopic (exact) mass is 355 g/mol. The van der Waals surface area contributed by atoms with Gasteiger partial charge in [-0.3, -0.25) is 4.79 Å². The summed E-state index contributed by atoms with van der Waals surface area (Å²) in [5.74, 6) is 0.617. The van der Waals surface area contributed by atoms with E-state index in [0.29, 0.717) is 16.9 Å². The van der Waals surface area contributed by atoms with Gasteiger partial charge in [0.1, 0.15) is 5.75 Å². The molecule has 3 rings (SSSR count). The van der Waals surface area contributed by atoms with Gasteiger partial charge < -0.3 is 4.74 Å². The van der Waals surface area contributed by atoms with E-state index in [1.54, 1.807) is 19.1 Å². The van der Waals surface area contributed by atoms with Crippen LogP contribution in [-0.4, -0.2) is 11.9 Å². The standard InChI is InChI=1S/C24H21NO2/c1-16-4-7-22(14-17(16)2)24(26)18(3)27-23-12-10-21(11-13-23)20-8-5-19(15-25)6-9-20/h4-14,18H,1-3H3/t18-/m1/s1. The third-order valence-electron chi connectivity index (χ3n) is 4.68. The average molecular weight is 355 g/mol. The minimum atomic E-state index is -0.562. The summed E-state index contributed by atoms with van der Waals surface area (Å²) in [7, 11) is 0. The van der Waals surface area contributed by atoms with Gasteiger partial charge in [-0.15, -0.1) is 0 Å². The van der Waals surface area contributed by atoms with Crippen LogP contribution in [0.25, 0.3) is 11.1 Å². The van der Waals surface area contributed by atoms with Gasteiger partial charge in [0.25, 0.3) is 0 Å². The van der Waals surface area contributed by atoms with Gasteiger partial charge in [0.15, 0.2) is 6.10 Å². The number of nitriles is 1. The van der Waals surface area contributed by atoms with E-state index in [0.717, 1.165) is 16.7 Å². The van der Waals surface area contributed by atoms with Crippen LogP contribution in [0.4, 0.5) is 0 Å². The van der Waals surface area contributed by atoms with Crippen LogP contribution in [0, 0.1) is 25.2 Å². The van der Waals surface area contributed by atoms with E-state index in [2.05, 4.69) is 6.07 Å². The molecule has 0 aliphatic heterocycles. The minimum absolute atomic E-state index is 0.0331. The maximum absolute atomic E-state index is 12.6. The zero-order valence-electron chi connectivity index (χ0n) is 15.7. The largest absolute Gasteiger partial charge is 0.483 e. The van der Waals surface area contributed by atoms with Gasteiger partial charge in [-0.1, -0.05) is 36.4 Å². The maximum atomic E-state index is 12.6. The fourth-order valence-electron chi connectivity index (χ4n) is 2.85. The van der Waals surface area contributed by atoms with Crippen LogP contribution in [-0.2, 0) is 0 Å². The number of hydrogen-bond acceptors (Lipinski definition) is 3. The van der Waals surface area contributed by atoms with Crippen LogP contribution in [0.2, 0.25) is 0 Å². The van der Waals surface area contributed by atoms with Gasteiger partial charge in [0.2, 0.25) is 5.78 Å². The van der Waals surface area contributed by atoms with Gasteiger partial charge >= 0.3 is 0 Å². The summed E-state index contributed by atoms with van der Waals surface area (Å²) in [5, 5.41) is 8.88. The summed E-state index contributed by atoms with van der Waals surface area (Å²) in [6.07, 6.45) is -0.562. The summed E-state index contributed by atoms with van der Waals surface area (Å²) in [5.41, 5.74) is 5.62. The normalized spacial score (nSPS) is 11.5. The molecule has 0 aliphatic rings. The van der Waals surface area contributed by atoms with E-state index in [4.69, 9.17) is 10.00 Å². The zero-order valence-corrected chi connectivity index (χ0v) is 15.7. The van der Waals surface area contributed by atoms with Crippen molar-refractivity contribution >= 4 is 5.78 Å². The quantitative estimate of drug-likeness (QED) is 0.568. The first kappa shape index (κ1) is 18.4. The number of ether oxygens (including phenoxy) is 1. The lowest BCUT2D eigenvalue weighted by atomic mass is 10.0. The molecular formula is C24H21NO2. The van der Waals surface area contributed by atoms with Crippen molar-refractivity contribution in [3.05, 3.63) is 89.0 Å². The first-order valence-electron chi connectivity index (χ1n) is 8.86. The molecule has 134 valence electrons. The Morgan fingerprint density at radius 1 is 0.889 bits per heavy atom. The molecule has 27 heavy (non-hydrogen) atoms. The Bertz CT molecular complexity index is 996. The molecule has 0 aromatic heterocycles. The Morgan fingerprint density at radius 3 is 2.04 bits per heavy atom. The van der Waals surface area contributed by atoms with E-state index in [9.17, 15) is 4.79 Å². The second-order valence-corrected chi connectivity index (χ2v) is 6.64.